The number of benzene rings is 7. The van der Waals surface area contributed by atoms with Crippen LogP contribution in [-0.2, 0) is 6.42 Å². The Balaban J connectivity index is 1.06. The maximum absolute atomic E-state index is 9.85. The third-order valence-corrected chi connectivity index (χ3v) is 11.4. The van der Waals surface area contributed by atoms with Gasteiger partial charge in [0.25, 0.3) is 0 Å². The summed E-state index contributed by atoms with van der Waals surface area (Å²) in [6.07, 6.45) is 1.89. The molecular weight excluding hydrogens is 659 g/mol. The molecular formula is C49H29N5. The van der Waals surface area contributed by atoms with Gasteiger partial charge in [-0.25, -0.2) is 4.98 Å². The van der Waals surface area contributed by atoms with E-state index in [-0.39, 0.29) is 5.92 Å². The number of nitriles is 2. The van der Waals surface area contributed by atoms with Crippen LogP contribution in [0.25, 0.3) is 71.7 Å². The standard InChI is InChI=1S/C49H29N5/c50-27-29-12-17-36-41(22-29)38-19-14-31-6-1-2-9-44(31)52-48(38)39-20-15-34(25-42(36)39)32-7-5-8-33(24-32)35-16-21-40-43(26-35)37-18-13-30(28-51)23-47(37)54-46-11-4-3-10-45(46)53-49(40)54/h1-13,15-18,20-26,38H,14,19H2. The summed E-state index contributed by atoms with van der Waals surface area (Å²) in [6.45, 7) is 0. The summed E-state index contributed by atoms with van der Waals surface area (Å²) < 4.78 is 2.19. The second-order valence-corrected chi connectivity index (χ2v) is 14.3. The van der Waals surface area contributed by atoms with Gasteiger partial charge in [-0.1, -0.05) is 78.9 Å². The first kappa shape index (κ1) is 30.3. The zero-order chi connectivity index (χ0) is 35.9. The van der Waals surface area contributed by atoms with E-state index in [1.54, 1.807) is 0 Å². The lowest BCUT2D eigenvalue weighted by Gasteiger charge is -2.29. The molecule has 0 bridgehead atoms. The normalized spacial score (nSPS) is 14.4. The summed E-state index contributed by atoms with van der Waals surface area (Å²) in [5, 5.41) is 22.9. The number of pyridine rings is 1. The molecule has 2 aromatic heterocycles. The number of hydrogen-bond acceptors (Lipinski definition) is 4. The first-order valence-electron chi connectivity index (χ1n) is 18.3. The van der Waals surface area contributed by atoms with E-state index in [0.717, 1.165) is 96.0 Å². The van der Waals surface area contributed by atoms with Crippen molar-refractivity contribution in [3.8, 4) is 45.5 Å². The van der Waals surface area contributed by atoms with Crippen LogP contribution in [0, 0.1) is 22.7 Å². The lowest BCUT2D eigenvalue weighted by atomic mass is 9.74. The highest BCUT2D eigenvalue weighted by atomic mass is 15.0. The van der Waals surface area contributed by atoms with Gasteiger partial charge in [0.05, 0.1) is 51.2 Å². The van der Waals surface area contributed by atoms with Gasteiger partial charge in [-0.3, -0.25) is 9.39 Å². The van der Waals surface area contributed by atoms with Crippen molar-refractivity contribution in [1.29, 1.82) is 10.5 Å². The molecule has 1 atom stereocenters. The van der Waals surface area contributed by atoms with Crippen molar-refractivity contribution in [3.05, 3.63) is 173 Å². The molecule has 9 aromatic rings. The third-order valence-electron chi connectivity index (χ3n) is 11.4. The minimum absolute atomic E-state index is 0.124. The van der Waals surface area contributed by atoms with E-state index in [1.165, 1.54) is 16.7 Å². The summed E-state index contributed by atoms with van der Waals surface area (Å²) in [6, 6.07) is 55.6. The van der Waals surface area contributed by atoms with Crippen molar-refractivity contribution >= 4 is 49.8 Å². The predicted molar refractivity (Wildman–Crippen MR) is 217 cm³/mol. The van der Waals surface area contributed by atoms with Crippen LogP contribution in [0.1, 0.15) is 40.2 Å². The van der Waals surface area contributed by atoms with Crippen molar-refractivity contribution in [2.75, 3.05) is 0 Å². The van der Waals surface area contributed by atoms with Crippen LogP contribution >= 0.6 is 0 Å². The highest BCUT2D eigenvalue weighted by Crippen LogP contribution is 2.46. The highest BCUT2D eigenvalue weighted by molar-refractivity contribution is 6.16. The number of imidazole rings is 1. The highest BCUT2D eigenvalue weighted by Gasteiger charge is 2.32. The Morgan fingerprint density at radius 3 is 2.17 bits per heavy atom. The van der Waals surface area contributed by atoms with Crippen LogP contribution in [-0.4, -0.2) is 15.1 Å². The Kier molecular flexibility index (Phi) is 6.50. The summed E-state index contributed by atoms with van der Waals surface area (Å²) in [7, 11) is 0. The molecule has 5 heteroatoms. The fourth-order valence-corrected chi connectivity index (χ4v) is 8.85. The summed E-state index contributed by atoms with van der Waals surface area (Å²) in [5.41, 5.74) is 17.6. The molecule has 54 heavy (non-hydrogen) atoms. The van der Waals surface area contributed by atoms with Crippen LogP contribution in [0.15, 0.2) is 151 Å². The van der Waals surface area contributed by atoms with Gasteiger partial charge in [-0.05, 0) is 129 Å². The molecule has 5 nitrogen and oxygen atoms in total. The second-order valence-electron chi connectivity index (χ2n) is 14.3. The summed E-state index contributed by atoms with van der Waals surface area (Å²) in [5.74, 6) is 0.124. The molecule has 0 spiro atoms. The topological polar surface area (TPSA) is 77.2 Å². The van der Waals surface area contributed by atoms with Gasteiger partial charge < -0.3 is 0 Å². The molecule has 1 unspecified atom stereocenters. The summed E-state index contributed by atoms with van der Waals surface area (Å²) in [4.78, 5) is 10.4. The molecule has 0 N–H and O–H groups in total. The number of nitrogens with zero attached hydrogens (tertiary/aromatic N) is 5. The van der Waals surface area contributed by atoms with Crippen LogP contribution in [0.3, 0.4) is 0 Å². The Morgan fingerprint density at radius 2 is 1.28 bits per heavy atom. The second kappa shape index (κ2) is 11.6. The smallest absolute Gasteiger partial charge is 0.146 e. The van der Waals surface area contributed by atoms with Crippen molar-refractivity contribution in [2.45, 2.75) is 18.8 Å². The van der Waals surface area contributed by atoms with Gasteiger partial charge >= 0.3 is 0 Å². The minimum atomic E-state index is 0.124. The van der Waals surface area contributed by atoms with Crippen LogP contribution < -0.4 is 0 Å². The Labute approximate surface area is 311 Å². The average molecular weight is 688 g/mol. The molecule has 1 aliphatic heterocycles. The fourth-order valence-electron chi connectivity index (χ4n) is 8.85. The van der Waals surface area contributed by atoms with Crippen LogP contribution in [0.5, 0.6) is 0 Å². The molecule has 0 amide bonds. The van der Waals surface area contributed by atoms with Gasteiger partial charge in [-0.15, -0.1) is 0 Å². The Bertz CT molecular complexity index is 3200. The number of para-hydroxylation sites is 3. The van der Waals surface area contributed by atoms with Gasteiger partial charge in [-0.2, -0.15) is 10.5 Å². The zero-order valence-electron chi connectivity index (χ0n) is 29.1. The average Bonchev–Trinajstić information content (AvgIpc) is 3.52. The van der Waals surface area contributed by atoms with Crippen molar-refractivity contribution in [3.63, 3.8) is 0 Å². The van der Waals surface area contributed by atoms with Crippen molar-refractivity contribution < 1.29 is 0 Å². The monoisotopic (exact) mass is 687 g/mol. The first-order valence-corrected chi connectivity index (χ1v) is 18.3. The van der Waals surface area contributed by atoms with E-state index in [0.29, 0.717) is 11.1 Å². The predicted octanol–water partition coefficient (Wildman–Crippen LogP) is 11.7. The molecule has 0 radical (unpaired) electrons. The largest absolute Gasteiger partial charge is 0.292 e. The van der Waals surface area contributed by atoms with Gasteiger partial charge in [0.2, 0.25) is 0 Å². The fraction of sp³-hybridized carbons (Fsp3) is 0.0612. The number of hydrogen-bond donors (Lipinski definition) is 0. The molecule has 3 heterocycles. The zero-order valence-corrected chi connectivity index (χ0v) is 29.1. The SMILES string of the molecule is N#Cc1ccc2c(c1)C1CCc3ccccc3N=C1c1ccc(-c3cccc(-c4ccc5c(c4)c4ccc(C#N)cc4n4c6ccccc6nc54)c3)cc1-2. The molecule has 7 aromatic carbocycles. The Morgan fingerprint density at radius 1 is 0.556 bits per heavy atom. The lowest BCUT2D eigenvalue weighted by Crippen LogP contribution is -2.20. The molecule has 0 fully saturated rings. The van der Waals surface area contributed by atoms with E-state index in [1.807, 2.05) is 36.4 Å². The molecule has 11 rings (SSSR count). The van der Waals surface area contributed by atoms with E-state index < -0.39 is 0 Å². The van der Waals surface area contributed by atoms with Gasteiger partial charge in [0, 0.05) is 22.3 Å². The van der Waals surface area contributed by atoms with Crippen molar-refractivity contribution in [2.24, 2.45) is 4.99 Å². The molecule has 1 aliphatic carbocycles. The van der Waals surface area contributed by atoms with Crippen LogP contribution in [0.4, 0.5) is 5.69 Å². The number of aryl methyl sites for hydroxylation is 1. The first-order chi connectivity index (χ1) is 26.6. The molecule has 0 saturated heterocycles. The van der Waals surface area contributed by atoms with E-state index >= 15 is 0 Å². The third kappa shape index (κ3) is 4.49. The van der Waals surface area contributed by atoms with Crippen LogP contribution in [0.2, 0.25) is 0 Å². The molecule has 0 saturated carbocycles. The number of fused-ring (bicyclic) bond motifs is 15. The molecule has 2 aliphatic rings. The number of aromatic nitrogens is 2. The van der Waals surface area contributed by atoms with Gasteiger partial charge in [0.15, 0.2) is 0 Å². The minimum Gasteiger partial charge on any atom is -0.292 e. The number of aliphatic imine (C=N–C) groups is 1. The lowest BCUT2D eigenvalue weighted by molar-refractivity contribution is 0.773. The maximum Gasteiger partial charge on any atom is 0.146 e. The van der Waals surface area contributed by atoms with Gasteiger partial charge in [0.1, 0.15) is 5.65 Å². The Hall–Kier alpha value is -7.34. The van der Waals surface area contributed by atoms with Crippen molar-refractivity contribution in [1.82, 2.24) is 9.38 Å². The number of rotatable bonds is 2. The summed E-state index contributed by atoms with van der Waals surface area (Å²) >= 11 is 0. The maximum atomic E-state index is 9.85. The van der Waals surface area contributed by atoms with E-state index in [9.17, 15) is 10.5 Å². The van der Waals surface area contributed by atoms with E-state index in [2.05, 4.69) is 126 Å². The van der Waals surface area contributed by atoms with E-state index in [4.69, 9.17) is 9.98 Å². The molecule has 250 valence electrons. The quantitative estimate of drug-likeness (QED) is 0.170.